The van der Waals surface area contributed by atoms with E-state index in [1.54, 1.807) is 15.8 Å². The highest BCUT2D eigenvalue weighted by molar-refractivity contribution is 6.34. The number of aliphatic carboxylic acids is 1. The first-order valence-electron chi connectivity index (χ1n) is 13.2. The van der Waals surface area contributed by atoms with E-state index in [9.17, 15) is 26.7 Å². The van der Waals surface area contributed by atoms with E-state index < -0.39 is 23.6 Å². The van der Waals surface area contributed by atoms with Crippen LogP contribution in [0.15, 0.2) is 24.4 Å². The first-order chi connectivity index (χ1) is 19.5. The molecule has 42 heavy (non-hydrogen) atoms. The van der Waals surface area contributed by atoms with Crippen LogP contribution in [-0.4, -0.2) is 73.7 Å². The van der Waals surface area contributed by atoms with Gasteiger partial charge in [0.05, 0.1) is 29.3 Å². The lowest BCUT2D eigenvalue weighted by Crippen LogP contribution is -2.63. The van der Waals surface area contributed by atoms with Crippen molar-refractivity contribution in [2.45, 2.75) is 82.3 Å². The molecule has 0 radical (unpaired) electrons. The molecule has 1 amide bonds. The summed E-state index contributed by atoms with van der Waals surface area (Å²) >= 11 is 6.83. The van der Waals surface area contributed by atoms with Gasteiger partial charge in [-0.1, -0.05) is 35.0 Å². The maximum Gasteiger partial charge on any atom is 0.490 e. The second-order valence-corrected chi connectivity index (χ2v) is 11.4. The van der Waals surface area contributed by atoms with E-state index >= 15 is 0 Å². The van der Waals surface area contributed by atoms with Gasteiger partial charge in [0.15, 0.2) is 5.96 Å². The Morgan fingerprint density at radius 1 is 1.31 bits per heavy atom. The van der Waals surface area contributed by atoms with Crippen LogP contribution >= 0.6 is 11.6 Å². The first-order valence-corrected chi connectivity index (χ1v) is 13.5. The summed E-state index contributed by atoms with van der Waals surface area (Å²) < 4.78 is 65.2. The third-order valence-electron chi connectivity index (χ3n) is 7.50. The first kappa shape index (κ1) is 31.6. The average Bonchev–Trinajstić information content (AvgIpc) is 3.30. The minimum Gasteiger partial charge on any atom is -0.475 e. The number of guanidine groups is 1. The van der Waals surface area contributed by atoms with Crippen LogP contribution in [0.2, 0.25) is 5.02 Å². The van der Waals surface area contributed by atoms with Gasteiger partial charge in [-0.25, -0.2) is 13.6 Å². The van der Waals surface area contributed by atoms with Crippen LogP contribution in [0, 0.1) is 11.3 Å². The average molecular weight is 621 g/mol. The van der Waals surface area contributed by atoms with Crippen LogP contribution in [0.25, 0.3) is 11.3 Å². The zero-order chi connectivity index (χ0) is 31.0. The fraction of sp³-hybridized carbons (Fsp3) is 0.577. The lowest BCUT2D eigenvalue weighted by atomic mass is 9.81. The molecule has 1 aromatic heterocycles. The number of carboxylic acids is 1. The number of carbonyl (C=O) groups excluding carboxylic acids is 1. The Balaban J connectivity index is 0.000000517. The molecule has 0 unspecified atom stereocenters. The topological polar surface area (TPSA) is 133 Å². The number of nitrogens with zero attached hydrogens (tertiary/aromatic N) is 4. The van der Waals surface area contributed by atoms with E-state index in [0.717, 1.165) is 0 Å². The molecular weight excluding hydrogens is 591 g/mol. The van der Waals surface area contributed by atoms with Crippen LogP contribution in [0.3, 0.4) is 0 Å². The minimum atomic E-state index is -5.08. The van der Waals surface area contributed by atoms with Crippen LogP contribution in [0.5, 0.6) is 0 Å². The maximum atomic E-state index is 13.2. The van der Waals surface area contributed by atoms with Crippen molar-refractivity contribution in [3.05, 3.63) is 35.0 Å². The van der Waals surface area contributed by atoms with Crippen LogP contribution in [0.4, 0.5) is 22.0 Å². The molecule has 2 saturated heterocycles. The molecule has 3 aliphatic rings. The quantitative estimate of drug-likeness (QED) is 0.408. The Morgan fingerprint density at radius 3 is 2.55 bits per heavy atom. The van der Waals surface area contributed by atoms with Gasteiger partial charge in [0.25, 0.3) is 0 Å². The molecule has 1 saturated carbocycles. The van der Waals surface area contributed by atoms with Crippen molar-refractivity contribution in [1.29, 1.82) is 5.41 Å². The predicted octanol–water partition coefficient (Wildman–Crippen LogP) is 4.82. The summed E-state index contributed by atoms with van der Waals surface area (Å²) in [6, 6.07) is 5.41. The van der Waals surface area contributed by atoms with Crippen molar-refractivity contribution in [2.75, 3.05) is 6.61 Å². The molecule has 0 bridgehead atoms. The monoisotopic (exact) mass is 620 g/mol. The number of nitrogens with one attached hydrogen (secondary N) is 2. The number of ether oxygens (including phenoxy) is 1. The largest absolute Gasteiger partial charge is 0.490 e. The third kappa shape index (κ3) is 7.00. The Hall–Kier alpha value is -3.33. The summed E-state index contributed by atoms with van der Waals surface area (Å²) in [7, 11) is 0. The van der Waals surface area contributed by atoms with Crippen molar-refractivity contribution in [3.8, 4) is 11.3 Å². The number of alkyl halides is 5. The molecule has 10 nitrogen and oxygen atoms in total. The molecule has 2 aliphatic heterocycles. The number of hydrogen-bond acceptors (Lipinski definition) is 6. The van der Waals surface area contributed by atoms with E-state index in [0.29, 0.717) is 47.8 Å². The molecule has 3 heterocycles. The van der Waals surface area contributed by atoms with Gasteiger partial charge in [0.1, 0.15) is 5.69 Å². The molecule has 1 aliphatic carbocycles. The SMILES string of the molecule is C[C@H]1C[C@@H](N2C(=N)N[C@](C)(c3cccc(-c4cn(CC5CC(F)(F)C5)nn4)c3Cl)CC2=O)CCO1.O=C(O)C(F)(F)F. The minimum absolute atomic E-state index is 0.0444. The highest BCUT2D eigenvalue weighted by Gasteiger charge is 2.46. The van der Waals surface area contributed by atoms with E-state index in [4.69, 9.17) is 31.6 Å². The zero-order valence-electron chi connectivity index (χ0n) is 22.7. The molecular formula is C26H30ClF5N6O4. The number of hydrogen-bond donors (Lipinski definition) is 3. The Morgan fingerprint density at radius 2 is 1.98 bits per heavy atom. The van der Waals surface area contributed by atoms with Gasteiger partial charge in [0.2, 0.25) is 11.8 Å². The van der Waals surface area contributed by atoms with Gasteiger partial charge in [-0.2, -0.15) is 13.2 Å². The highest BCUT2D eigenvalue weighted by atomic mass is 35.5. The summed E-state index contributed by atoms with van der Waals surface area (Å²) in [5.74, 6) is -5.51. The molecule has 16 heteroatoms. The second kappa shape index (κ2) is 11.7. The Labute approximate surface area is 242 Å². The van der Waals surface area contributed by atoms with Gasteiger partial charge in [-0.15, -0.1) is 5.10 Å². The Bertz CT molecular complexity index is 1330. The van der Waals surface area contributed by atoms with Crippen molar-refractivity contribution in [1.82, 2.24) is 25.2 Å². The number of amides is 1. The number of aromatic nitrogens is 3. The lowest BCUT2D eigenvalue weighted by Gasteiger charge is -2.45. The third-order valence-corrected chi connectivity index (χ3v) is 7.91. The van der Waals surface area contributed by atoms with E-state index in [-0.39, 0.29) is 49.2 Å². The van der Waals surface area contributed by atoms with Crippen molar-refractivity contribution >= 4 is 29.4 Å². The summed E-state index contributed by atoms with van der Waals surface area (Å²) in [5, 5.41) is 27.7. The number of carboxylic acid groups (broad SMARTS) is 1. The van der Waals surface area contributed by atoms with Gasteiger partial charge in [-0.3, -0.25) is 19.8 Å². The number of halogens is 6. The zero-order valence-corrected chi connectivity index (χ0v) is 23.5. The summed E-state index contributed by atoms with van der Waals surface area (Å²) in [6.07, 6.45) is -2.06. The number of rotatable bonds is 5. The molecule has 2 aromatic rings. The molecule has 230 valence electrons. The maximum absolute atomic E-state index is 13.2. The van der Waals surface area contributed by atoms with Crippen LogP contribution in [-0.2, 0) is 26.4 Å². The molecule has 1 aromatic carbocycles. The van der Waals surface area contributed by atoms with E-state index in [1.165, 1.54) is 0 Å². The molecule has 5 rings (SSSR count). The van der Waals surface area contributed by atoms with Gasteiger partial charge in [0, 0.05) is 37.6 Å². The van der Waals surface area contributed by atoms with E-state index in [1.807, 2.05) is 32.0 Å². The van der Waals surface area contributed by atoms with Gasteiger partial charge in [-0.05, 0) is 38.2 Å². The molecule has 3 atom stereocenters. The smallest absolute Gasteiger partial charge is 0.475 e. The fourth-order valence-corrected chi connectivity index (χ4v) is 5.91. The highest BCUT2D eigenvalue weighted by Crippen LogP contribution is 2.43. The van der Waals surface area contributed by atoms with Gasteiger partial charge >= 0.3 is 12.1 Å². The second-order valence-electron chi connectivity index (χ2n) is 11.0. The van der Waals surface area contributed by atoms with Crippen LogP contribution in [0.1, 0.15) is 51.5 Å². The predicted molar refractivity (Wildman–Crippen MR) is 140 cm³/mol. The molecule has 3 N–H and O–H groups in total. The van der Waals surface area contributed by atoms with Crippen molar-refractivity contribution in [2.24, 2.45) is 5.92 Å². The van der Waals surface area contributed by atoms with Gasteiger partial charge < -0.3 is 15.2 Å². The van der Waals surface area contributed by atoms with Crippen molar-refractivity contribution < 1.29 is 41.4 Å². The fourth-order valence-electron chi connectivity index (χ4n) is 5.48. The summed E-state index contributed by atoms with van der Waals surface area (Å²) in [6.45, 7) is 4.79. The number of benzene rings is 1. The normalized spacial score (nSPS) is 26.1. The summed E-state index contributed by atoms with van der Waals surface area (Å²) in [5.41, 5.74) is 0.976. The lowest BCUT2D eigenvalue weighted by molar-refractivity contribution is -0.192. The summed E-state index contributed by atoms with van der Waals surface area (Å²) in [4.78, 5) is 23.7. The van der Waals surface area contributed by atoms with E-state index in [2.05, 4.69) is 15.6 Å². The van der Waals surface area contributed by atoms with Crippen LogP contribution < -0.4 is 5.32 Å². The molecule has 3 fully saturated rings. The van der Waals surface area contributed by atoms with Crippen molar-refractivity contribution in [3.63, 3.8) is 0 Å². The number of carbonyl (C=O) groups is 2. The molecule has 0 spiro atoms. The standard InChI is InChI=1S/C24H29ClF2N6O2.C2HF3O2/c1-14-8-16(6-7-35-14)33-20(34)11-23(2,29-22(33)28)18-5-3-4-17(21(18)25)19-13-32(31-30-19)12-15-9-24(26,27)10-15;3-2(4,5)1(6)7/h3-5,13-16H,6-12H2,1-2H3,(H2,28,29);(H,6,7)/t14-,16-,23-;/m0./s1. The Kier molecular flexibility index (Phi) is 8.84.